The average Bonchev–Trinajstić information content (AvgIpc) is 2.55. The summed E-state index contributed by atoms with van der Waals surface area (Å²) in [5.74, 6) is 0.0746. The summed E-state index contributed by atoms with van der Waals surface area (Å²) in [5.41, 5.74) is -0.365. The van der Waals surface area contributed by atoms with E-state index in [9.17, 15) is 4.79 Å². The van der Waals surface area contributed by atoms with Gasteiger partial charge in [0.25, 0.3) is 0 Å². The van der Waals surface area contributed by atoms with Gasteiger partial charge in [0.2, 0.25) is 5.91 Å². The molecule has 0 spiro atoms. The summed E-state index contributed by atoms with van der Waals surface area (Å²) in [5, 5.41) is 6.20. The van der Waals surface area contributed by atoms with Gasteiger partial charge in [-0.05, 0) is 26.8 Å². The maximum atomic E-state index is 11.6. The van der Waals surface area contributed by atoms with Crippen LogP contribution in [0.25, 0.3) is 0 Å². The second-order valence-electron chi connectivity index (χ2n) is 4.40. The maximum absolute atomic E-state index is 11.6. The molecule has 0 unspecified atom stereocenters. The molecule has 1 amide bonds. The van der Waals surface area contributed by atoms with Gasteiger partial charge >= 0.3 is 0 Å². The lowest BCUT2D eigenvalue weighted by atomic mass is 10.0. The second-order valence-corrected chi connectivity index (χ2v) is 4.40. The Kier molecular flexibility index (Phi) is 3.89. The van der Waals surface area contributed by atoms with Gasteiger partial charge in [0.15, 0.2) is 0 Å². The molecule has 1 aliphatic heterocycles. The Bertz CT molecular complexity index is 198. The van der Waals surface area contributed by atoms with Crippen molar-refractivity contribution >= 4 is 5.91 Å². The largest absolute Gasteiger partial charge is 0.378 e. The number of hydrogen-bond donors (Lipinski definition) is 2. The SMILES string of the molecule is COC(C)(C)CC(=O)N[C@H]1CCNC1. The third-order valence-corrected chi connectivity index (χ3v) is 2.56. The third kappa shape index (κ3) is 3.64. The number of methoxy groups -OCH3 is 1. The summed E-state index contributed by atoms with van der Waals surface area (Å²) in [6.07, 6.45) is 1.44. The van der Waals surface area contributed by atoms with Crippen LogP contribution in [-0.4, -0.2) is 37.7 Å². The van der Waals surface area contributed by atoms with Crippen LogP contribution in [0.3, 0.4) is 0 Å². The lowest BCUT2D eigenvalue weighted by Crippen LogP contribution is -2.40. The summed E-state index contributed by atoms with van der Waals surface area (Å²) in [4.78, 5) is 11.6. The smallest absolute Gasteiger partial charge is 0.223 e. The zero-order valence-electron chi connectivity index (χ0n) is 9.22. The Morgan fingerprint density at radius 3 is 2.86 bits per heavy atom. The van der Waals surface area contributed by atoms with Gasteiger partial charge in [-0.3, -0.25) is 4.79 Å². The van der Waals surface area contributed by atoms with E-state index in [1.807, 2.05) is 13.8 Å². The highest BCUT2D eigenvalue weighted by Gasteiger charge is 2.23. The van der Waals surface area contributed by atoms with Crippen LogP contribution in [0.5, 0.6) is 0 Å². The molecule has 1 saturated heterocycles. The monoisotopic (exact) mass is 200 g/mol. The quantitative estimate of drug-likeness (QED) is 0.685. The van der Waals surface area contributed by atoms with E-state index in [1.165, 1.54) is 0 Å². The van der Waals surface area contributed by atoms with E-state index in [1.54, 1.807) is 7.11 Å². The molecule has 0 saturated carbocycles. The number of rotatable bonds is 4. The number of hydrogen-bond acceptors (Lipinski definition) is 3. The molecule has 0 aromatic carbocycles. The van der Waals surface area contributed by atoms with Crippen LogP contribution in [0.4, 0.5) is 0 Å². The molecule has 0 bridgehead atoms. The van der Waals surface area contributed by atoms with E-state index in [-0.39, 0.29) is 11.5 Å². The summed E-state index contributed by atoms with van der Waals surface area (Å²) < 4.78 is 5.20. The van der Waals surface area contributed by atoms with E-state index < -0.39 is 0 Å². The first kappa shape index (κ1) is 11.5. The van der Waals surface area contributed by atoms with Gasteiger partial charge in [-0.2, -0.15) is 0 Å². The minimum atomic E-state index is -0.365. The standard InChI is InChI=1S/C10H20N2O2/c1-10(2,14-3)6-9(13)12-8-4-5-11-7-8/h8,11H,4-7H2,1-3H3,(H,12,13)/t8-/m0/s1. The second kappa shape index (κ2) is 4.75. The van der Waals surface area contributed by atoms with Crippen molar-refractivity contribution < 1.29 is 9.53 Å². The molecular weight excluding hydrogens is 180 g/mol. The minimum absolute atomic E-state index is 0.0746. The minimum Gasteiger partial charge on any atom is -0.378 e. The zero-order chi connectivity index (χ0) is 10.6. The molecule has 4 nitrogen and oxygen atoms in total. The van der Waals surface area contributed by atoms with Crippen molar-refractivity contribution in [2.45, 2.75) is 38.3 Å². The lowest BCUT2D eigenvalue weighted by molar-refractivity contribution is -0.126. The average molecular weight is 200 g/mol. The van der Waals surface area contributed by atoms with E-state index >= 15 is 0 Å². The molecule has 1 heterocycles. The van der Waals surface area contributed by atoms with Gasteiger partial charge in [-0.25, -0.2) is 0 Å². The molecule has 1 rings (SSSR count). The fourth-order valence-electron chi connectivity index (χ4n) is 1.52. The van der Waals surface area contributed by atoms with Crippen molar-refractivity contribution in [1.82, 2.24) is 10.6 Å². The third-order valence-electron chi connectivity index (χ3n) is 2.56. The number of ether oxygens (including phenoxy) is 1. The Hall–Kier alpha value is -0.610. The van der Waals surface area contributed by atoms with E-state index in [2.05, 4.69) is 10.6 Å². The molecule has 1 fully saturated rings. The number of carbonyl (C=O) groups excluding carboxylic acids is 1. The van der Waals surface area contributed by atoms with Crippen LogP contribution < -0.4 is 10.6 Å². The van der Waals surface area contributed by atoms with Gasteiger partial charge < -0.3 is 15.4 Å². The Labute approximate surface area is 85.4 Å². The van der Waals surface area contributed by atoms with E-state index in [0.717, 1.165) is 19.5 Å². The molecule has 82 valence electrons. The molecule has 0 aromatic heterocycles. The molecular formula is C10H20N2O2. The van der Waals surface area contributed by atoms with Crippen molar-refractivity contribution in [3.05, 3.63) is 0 Å². The molecule has 0 aromatic rings. The Morgan fingerprint density at radius 1 is 1.64 bits per heavy atom. The van der Waals surface area contributed by atoms with E-state index in [0.29, 0.717) is 12.5 Å². The molecule has 0 aliphatic carbocycles. The predicted octanol–water partition coefficient (Wildman–Crippen LogP) is 0.280. The number of nitrogens with one attached hydrogen (secondary N) is 2. The van der Waals surface area contributed by atoms with Gasteiger partial charge in [0.05, 0.1) is 12.0 Å². The fraction of sp³-hybridized carbons (Fsp3) is 0.900. The number of amides is 1. The normalized spacial score (nSPS) is 22.4. The molecule has 14 heavy (non-hydrogen) atoms. The van der Waals surface area contributed by atoms with Crippen molar-refractivity contribution in [1.29, 1.82) is 0 Å². The van der Waals surface area contributed by atoms with Crippen LogP contribution in [0.1, 0.15) is 26.7 Å². The molecule has 1 aliphatic rings. The summed E-state index contributed by atoms with van der Waals surface area (Å²) in [6.45, 7) is 5.72. The first-order valence-corrected chi connectivity index (χ1v) is 5.09. The van der Waals surface area contributed by atoms with Gasteiger partial charge in [0, 0.05) is 19.7 Å². The van der Waals surface area contributed by atoms with Crippen molar-refractivity contribution in [3.63, 3.8) is 0 Å². The first-order valence-electron chi connectivity index (χ1n) is 5.09. The van der Waals surface area contributed by atoms with Crippen LogP contribution >= 0.6 is 0 Å². The van der Waals surface area contributed by atoms with Gasteiger partial charge in [-0.15, -0.1) is 0 Å². The van der Waals surface area contributed by atoms with Crippen LogP contribution in [0.2, 0.25) is 0 Å². The number of carbonyl (C=O) groups is 1. The topological polar surface area (TPSA) is 50.4 Å². The summed E-state index contributed by atoms with van der Waals surface area (Å²) in [7, 11) is 1.63. The van der Waals surface area contributed by atoms with Gasteiger partial charge in [0.1, 0.15) is 0 Å². The molecule has 1 atom stereocenters. The fourth-order valence-corrected chi connectivity index (χ4v) is 1.52. The molecule has 0 radical (unpaired) electrons. The van der Waals surface area contributed by atoms with Crippen molar-refractivity contribution in [2.75, 3.05) is 20.2 Å². The summed E-state index contributed by atoms with van der Waals surface area (Å²) >= 11 is 0. The maximum Gasteiger partial charge on any atom is 0.223 e. The predicted molar refractivity (Wildman–Crippen MR) is 55.1 cm³/mol. The highest BCUT2D eigenvalue weighted by atomic mass is 16.5. The van der Waals surface area contributed by atoms with E-state index in [4.69, 9.17) is 4.74 Å². The van der Waals surface area contributed by atoms with Crippen LogP contribution in [-0.2, 0) is 9.53 Å². The Morgan fingerprint density at radius 2 is 2.36 bits per heavy atom. The highest BCUT2D eigenvalue weighted by Crippen LogP contribution is 2.12. The highest BCUT2D eigenvalue weighted by molar-refractivity contribution is 5.77. The lowest BCUT2D eigenvalue weighted by Gasteiger charge is -2.23. The molecule has 2 N–H and O–H groups in total. The zero-order valence-corrected chi connectivity index (χ0v) is 9.22. The van der Waals surface area contributed by atoms with Gasteiger partial charge in [-0.1, -0.05) is 0 Å². The van der Waals surface area contributed by atoms with Crippen molar-refractivity contribution in [2.24, 2.45) is 0 Å². The van der Waals surface area contributed by atoms with Crippen LogP contribution in [0.15, 0.2) is 0 Å². The van der Waals surface area contributed by atoms with Crippen molar-refractivity contribution in [3.8, 4) is 0 Å². The Balaban J connectivity index is 2.27. The van der Waals surface area contributed by atoms with Crippen LogP contribution in [0, 0.1) is 0 Å². The summed E-state index contributed by atoms with van der Waals surface area (Å²) in [6, 6.07) is 0.301. The molecule has 4 heteroatoms. The first-order chi connectivity index (χ1) is 6.53.